The second-order valence-corrected chi connectivity index (χ2v) is 7.96. The van der Waals surface area contributed by atoms with Gasteiger partial charge in [-0.2, -0.15) is 0 Å². The number of para-hydroxylation sites is 2. The van der Waals surface area contributed by atoms with Crippen molar-refractivity contribution in [3.63, 3.8) is 0 Å². The second-order valence-electron chi connectivity index (χ2n) is 7.96. The maximum absolute atomic E-state index is 13.5. The predicted octanol–water partition coefficient (Wildman–Crippen LogP) is 5.02. The van der Waals surface area contributed by atoms with Crippen molar-refractivity contribution in [2.45, 2.75) is 19.1 Å². The molecule has 4 aromatic rings. The van der Waals surface area contributed by atoms with Gasteiger partial charge in [0.1, 0.15) is 12.0 Å². The van der Waals surface area contributed by atoms with Crippen molar-refractivity contribution in [3.8, 4) is 0 Å². The Labute approximate surface area is 173 Å². The highest BCUT2D eigenvalue weighted by Gasteiger charge is 2.42. The highest BCUT2D eigenvalue weighted by Crippen LogP contribution is 2.44. The van der Waals surface area contributed by atoms with Crippen molar-refractivity contribution in [3.05, 3.63) is 101 Å². The zero-order chi connectivity index (χ0) is 20.2. The average molecular weight is 397 g/mol. The molecule has 1 aromatic heterocycles. The van der Waals surface area contributed by atoms with E-state index in [2.05, 4.69) is 28.1 Å². The van der Waals surface area contributed by atoms with E-state index in [1.807, 2.05) is 47.4 Å². The van der Waals surface area contributed by atoms with E-state index in [0.717, 1.165) is 34.4 Å². The number of rotatable bonds is 2. The van der Waals surface area contributed by atoms with Gasteiger partial charge in [0.25, 0.3) is 5.91 Å². The molecule has 30 heavy (non-hydrogen) atoms. The average Bonchev–Trinajstić information content (AvgIpc) is 3.16. The lowest BCUT2D eigenvalue weighted by molar-refractivity contribution is 0.0625. The molecule has 3 aromatic carbocycles. The van der Waals surface area contributed by atoms with Crippen molar-refractivity contribution in [2.75, 3.05) is 11.4 Å². The van der Waals surface area contributed by atoms with Crippen LogP contribution in [0.3, 0.4) is 0 Å². The van der Waals surface area contributed by atoms with Crippen LogP contribution in [0.1, 0.15) is 33.3 Å². The third-order valence-corrected chi connectivity index (χ3v) is 6.27. The van der Waals surface area contributed by atoms with E-state index in [4.69, 9.17) is 0 Å². The van der Waals surface area contributed by atoms with Gasteiger partial charge in [-0.25, -0.2) is 4.39 Å². The van der Waals surface area contributed by atoms with Gasteiger partial charge in [-0.05, 0) is 47.9 Å². The number of nitrogens with zero attached hydrogens (tertiary/aromatic N) is 2. The number of hydrogen-bond acceptors (Lipinski definition) is 2. The Morgan fingerprint density at radius 3 is 2.60 bits per heavy atom. The Kier molecular flexibility index (Phi) is 3.72. The van der Waals surface area contributed by atoms with E-state index in [1.54, 1.807) is 0 Å². The van der Waals surface area contributed by atoms with Gasteiger partial charge in [-0.1, -0.05) is 42.5 Å². The van der Waals surface area contributed by atoms with E-state index in [0.29, 0.717) is 13.1 Å². The highest BCUT2D eigenvalue weighted by molar-refractivity contribution is 6.02. The number of H-pyrrole nitrogens is 1. The fourth-order valence-corrected chi connectivity index (χ4v) is 4.91. The number of nitrogens with one attached hydrogen (secondary N) is 1. The molecule has 148 valence electrons. The topological polar surface area (TPSA) is 39.3 Å². The van der Waals surface area contributed by atoms with E-state index >= 15 is 0 Å². The van der Waals surface area contributed by atoms with Gasteiger partial charge < -0.3 is 14.8 Å². The third kappa shape index (κ3) is 2.48. The number of aromatic nitrogens is 1. The zero-order valence-electron chi connectivity index (χ0n) is 16.3. The molecule has 1 N–H and O–H groups in total. The molecule has 3 heterocycles. The summed E-state index contributed by atoms with van der Waals surface area (Å²) < 4.78 is 13.5. The van der Waals surface area contributed by atoms with E-state index in [-0.39, 0.29) is 17.9 Å². The zero-order valence-corrected chi connectivity index (χ0v) is 16.3. The van der Waals surface area contributed by atoms with Crippen LogP contribution in [0.4, 0.5) is 10.1 Å². The Hall–Kier alpha value is -3.60. The number of amides is 1. The smallest absolute Gasteiger partial charge is 0.257 e. The van der Waals surface area contributed by atoms with Crippen molar-refractivity contribution in [1.82, 2.24) is 9.88 Å². The molecule has 2 aliphatic rings. The van der Waals surface area contributed by atoms with Gasteiger partial charge in [0.2, 0.25) is 0 Å². The van der Waals surface area contributed by atoms with Crippen LogP contribution >= 0.6 is 0 Å². The molecule has 0 aliphatic carbocycles. The maximum atomic E-state index is 13.5. The summed E-state index contributed by atoms with van der Waals surface area (Å²) in [5, 5.41) is 1.22. The highest BCUT2D eigenvalue weighted by atomic mass is 19.1. The SMILES string of the molecule is O=C1c2ccccc2N(Cc2ccc(F)cc2)C2c3[nH]c4ccccc4c3CCN12. The van der Waals surface area contributed by atoms with Crippen LogP contribution in [0.2, 0.25) is 0 Å². The Morgan fingerprint density at radius 1 is 0.967 bits per heavy atom. The van der Waals surface area contributed by atoms with Crippen LogP contribution in [0.15, 0.2) is 72.8 Å². The molecule has 0 fully saturated rings. The van der Waals surface area contributed by atoms with Crippen LogP contribution in [0.5, 0.6) is 0 Å². The predicted molar refractivity (Wildman–Crippen MR) is 115 cm³/mol. The first kappa shape index (κ1) is 17.3. The number of hydrogen-bond donors (Lipinski definition) is 1. The summed E-state index contributed by atoms with van der Waals surface area (Å²) in [6, 6.07) is 22.7. The third-order valence-electron chi connectivity index (χ3n) is 6.27. The minimum absolute atomic E-state index is 0.0651. The molecule has 1 atom stereocenters. The van der Waals surface area contributed by atoms with Gasteiger partial charge >= 0.3 is 0 Å². The maximum Gasteiger partial charge on any atom is 0.257 e. The van der Waals surface area contributed by atoms with Crippen LogP contribution < -0.4 is 4.90 Å². The summed E-state index contributed by atoms with van der Waals surface area (Å²) in [6.45, 7) is 1.26. The second kappa shape index (κ2) is 6.46. The molecule has 1 amide bonds. The molecule has 0 spiro atoms. The number of carbonyl (C=O) groups excluding carboxylic acids is 1. The number of fused-ring (bicyclic) bond motifs is 6. The number of carbonyl (C=O) groups is 1. The molecule has 2 aliphatic heterocycles. The first-order chi connectivity index (χ1) is 14.7. The van der Waals surface area contributed by atoms with Crippen LogP contribution in [0, 0.1) is 5.82 Å². The molecule has 0 radical (unpaired) electrons. The molecule has 5 heteroatoms. The van der Waals surface area contributed by atoms with Crippen LogP contribution in [-0.4, -0.2) is 22.3 Å². The van der Waals surface area contributed by atoms with E-state index in [9.17, 15) is 9.18 Å². The minimum Gasteiger partial charge on any atom is -0.355 e. The lowest BCUT2D eigenvalue weighted by Gasteiger charge is -2.47. The van der Waals surface area contributed by atoms with Gasteiger partial charge in [0, 0.05) is 24.0 Å². The molecule has 0 saturated carbocycles. The molecule has 1 unspecified atom stereocenters. The van der Waals surface area contributed by atoms with Gasteiger partial charge in [0.05, 0.1) is 16.9 Å². The molecular weight excluding hydrogens is 377 g/mol. The first-order valence-corrected chi connectivity index (χ1v) is 10.2. The Morgan fingerprint density at radius 2 is 1.73 bits per heavy atom. The fourth-order valence-electron chi connectivity index (χ4n) is 4.91. The lowest BCUT2D eigenvalue weighted by atomic mass is 9.95. The fraction of sp³-hybridized carbons (Fsp3) is 0.160. The monoisotopic (exact) mass is 397 g/mol. The molecule has 6 rings (SSSR count). The van der Waals surface area contributed by atoms with Gasteiger partial charge in [-0.3, -0.25) is 4.79 Å². The summed E-state index contributed by atoms with van der Waals surface area (Å²) >= 11 is 0. The number of aromatic amines is 1. The quantitative estimate of drug-likeness (QED) is 0.516. The van der Waals surface area contributed by atoms with Gasteiger partial charge in [-0.15, -0.1) is 0 Å². The van der Waals surface area contributed by atoms with Crippen LogP contribution in [-0.2, 0) is 13.0 Å². The summed E-state index contributed by atoms with van der Waals surface area (Å²) in [5.41, 5.74) is 6.09. The lowest BCUT2D eigenvalue weighted by Crippen LogP contribution is -2.52. The van der Waals surface area contributed by atoms with E-state index < -0.39 is 0 Å². The molecule has 4 nitrogen and oxygen atoms in total. The van der Waals surface area contributed by atoms with Crippen LogP contribution in [0.25, 0.3) is 10.9 Å². The number of halogens is 1. The number of benzene rings is 3. The minimum atomic E-state index is -0.245. The van der Waals surface area contributed by atoms with Crippen molar-refractivity contribution < 1.29 is 9.18 Å². The van der Waals surface area contributed by atoms with Gasteiger partial charge in [0.15, 0.2) is 0 Å². The summed E-state index contributed by atoms with van der Waals surface area (Å²) in [6.07, 6.45) is 0.613. The molecule has 0 saturated heterocycles. The Bertz CT molecular complexity index is 1280. The first-order valence-electron chi connectivity index (χ1n) is 10.2. The standard InChI is InChI=1S/C25H20FN3O/c26-17-11-9-16(10-12-17)15-29-22-8-4-2-6-20(22)25(30)28-14-13-19-18-5-1-3-7-21(18)27-23(19)24(28)29/h1-12,24,27H,13-15H2. The number of anilines is 1. The molecular formula is C25H20FN3O. The van der Waals surface area contributed by atoms with Crippen molar-refractivity contribution >= 4 is 22.5 Å². The molecule has 0 bridgehead atoms. The van der Waals surface area contributed by atoms with E-state index in [1.165, 1.54) is 23.1 Å². The summed E-state index contributed by atoms with van der Waals surface area (Å²) in [4.78, 5) is 21.2. The Balaban J connectivity index is 1.54. The van der Waals surface area contributed by atoms with Crippen molar-refractivity contribution in [1.29, 1.82) is 0 Å². The summed E-state index contributed by atoms with van der Waals surface area (Å²) in [5.74, 6) is -0.180. The van der Waals surface area contributed by atoms with Crippen molar-refractivity contribution in [2.24, 2.45) is 0 Å². The largest absolute Gasteiger partial charge is 0.355 e. The normalized spacial score (nSPS) is 17.6. The summed E-state index contributed by atoms with van der Waals surface area (Å²) in [7, 11) is 0.